The molecule has 8 N–H and O–H groups in total. The van der Waals surface area contributed by atoms with E-state index >= 15 is 0 Å². The van der Waals surface area contributed by atoms with Gasteiger partial charge in [0, 0.05) is 24.5 Å². The zero-order chi connectivity index (χ0) is 26.7. The van der Waals surface area contributed by atoms with E-state index in [2.05, 4.69) is 11.6 Å². The molecule has 1 aromatic heterocycles. The van der Waals surface area contributed by atoms with Gasteiger partial charge in [0.15, 0.2) is 17.5 Å². The lowest BCUT2D eigenvalue weighted by atomic mass is 9.52. The molecule has 0 amide bonds. The first-order valence-electron chi connectivity index (χ1n) is 12.1. The maximum absolute atomic E-state index is 13.2. The number of H-pyrrole nitrogens is 1. The van der Waals surface area contributed by atoms with Gasteiger partial charge in [0.05, 0.1) is 11.5 Å². The van der Waals surface area contributed by atoms with Crippen LogP contribution in [0.1, 0.15) is 51.0 Å². The van der Waals surface area contributed by atoms with Crippen molar-refractivity contribution in [3.63, 3.8) is 0 Å². The van der Waals surface area contributed by atoms with Crippen LogP contribution in [0.4, 0.5) is 0 Å². The van der Waals surface area contributed by atoms with Gasteiger partial charge in [-0.3, -0.25) is 0 Å². The number of hydrogen-bond donors (Lipinski definition) is 8. The smallest absolute Gasteiger partial charge is 0.355 e. The number of nitrogens with one attached hydrogen (secondary N) is 1. The second kappa shape index (κ2) is 6.08. The third-order valence-corrected chi connectivity index (χ3v) is 11.0. The molecule has 11 nitrogen and oxygen atoms in total. The Morgan fingerprint density at radius 1 is 1.19 bits per heavy atom. The summed E-state index contributed by atoms with van der Waals surface area (Å²) in [7, 11) is 0. The molecule has 11 atom stereocenters. The van der Waals surface area contributed by atoms with Crippen molar-refractivity contribution in [3.05, 3.63) is 36.2 Å². The average Bonchev–Trinajstić information content (AvgIpc) is 3.42. The van der Waals surface area contributed by atoms with Crippen molar-refractivity contribution in [2.24, 2.45) is 16.7 Å². The number of aromatic amines is 1. The van der Waals surface area contributed by atoms with Crippen molar-refractivity contribution in [1.82, 2.24) is 4.98 Å². The molecule has 1 aromatic rings. The van der Waals surface area contributed by atoms with Crippen LogP contribution in [0.25, 0.3) is 0 Å². The van der Waals surface area contributed by atoms with Crippen LogP contribution in [0, 0.1) is 16.7 Å². The molecule has 11 heteroatoms. The van der Waals surface area contributed by atoms with Crippen LogP contribution in [0.5, 0.6) is 0 Å². The molecule has 2 aliphatic heterocycles. The fraction of sp³-hybridized carbons (Fsp3) is 0.720. The van der Waals surface area contributed by atoms with Gasteiger partial charge >= 0.3 is 5.97 Å². The van der Waals surface area contributed by atoms with Crippen LogP contribution in [-0.4, -0.2) is 98.8 Å². The van der Waals surface area contributed by atoms with Gasteiger partial charge in [-0.1, -0.05) is 27.4 Å². The van der Waals surface area contributed by atoms with Crippen LogP contribution in [-0.2, 0) is 9.47 Å². The fourth-order valence-corrected chi connectivity index (χ4v) is 9.30. The SMILES string of the molecule is C=C1C(O)CC2(O)C3(C)CC4(O)OC2(C1O)C1(O)C3(O)C(OC(=O)c2ccc[nH]2)C(O)(C(C)C)C41C. The minimum absolute atomic E-state index is 0.0130. The van der Waals surface area contributed by atoms with E-state index < -0.39 is 87.7 Å². The summed E-state index contributed by atoms with van der Waals surface area (Å²) in [6.45, 7) is 9.55. The maximum Gasteiger partial charge on any atom is 0.355 e. The summed E-state index contributed by atoms with van der Waals surface area (Å²) in [6, 6.07) is 2.98. The van der Waals surface area contributed by atoms with Crippen molar-refractivity contribution in [2.75, 3.05) is 0 Å². The van der Waals surface area contributed by atoms with Gasteiger partial charge in [-0.15, -0.1) is 0 Å². The molecule has 6 bridgehead atoms. The molecule has 4 saturated carbocycles. The number of hydrogen-bond acceptors (Lipinski definition) is 10. The number of aliphatic hydroxyl groups excluding tert-OH is 2. The Morgan fingerprint density at radius 2 is 1.83 bits per heavy atom. The molecule has 0 radical (unpaired) electrons. The third-order valence-electron chi connectivity index (χ3n) is 11.0. The van der Waals surface area contributed by atoms with Gasteiger partial charge in [-0.2, -0.15) is 0 Å². The average molecular weight is 508 g/mol. The number of esters is 1. The van der Waals surface area contributed by atoms with Crippen molar-refractivity contribution >= 4 is 5.97 Å². The van der Waals surface area contributed by atoms with Crippen LogP contribution in [0.3, 0.4) is 0 Å². The Kier molecular flexibility index (Phi) is 4.14. The number of aromatic nitrogens is 1. The van der Waals surface area contributed by atoms with Crippen molar-refractivity contribution in [1.29, 1.82) is 0 Å². The Hall–Kier alpha value is -1.83. The van der Waals surface area contributed by atoms with Gasteiger partial charge in [0.25, 0.3) is 0 Å². The largest absolute Gasteiger partial charge is 0.451 e. The van der Waals surface area contributed by atoms with Gasteiger partial charge in [0.1, 0.15) is 34.2 Å². The van der Waals surface area contributed by atoms with Crippen LogP contribution >= 0.6 is 0 Å². The first-order valence-corrected chi connectivity index (χ1v) is 12.1. The van der Waals surface area contributed by atoms with Gasteiger partial charge in [-0.25, -0.2) is 4.79 Å². The molecule has 198 valence electrons. The molecule has 11 unspecified atom stereocenters. The molecule has 6 fully saturated rings. The number of carbonyl (C=O) groups is 1. The van der Waals surface area contributed by atoms with E-state index in [1.807, 2.05) is 0 Å². The van der Waals surface area contributed by atoms with Gasteiger partial charge in [0.2, 0.25) is 0 Å². The van der Waals surface area contributed by atoms with E-state index in [4.69, 9.17) is 9.47 Å². The van der Waals surface area contributed by atoms with Crippen molar-refractivity contribution < 1.29 is 50.0 Å². The third kappa shape index (κ3) is 1.74. The number of aliphatic hydroxyl groups is 7. The van der Waals surface area contributed by atoms with Crippen LogP contribution < -0.4 is 0 Å². The number of ether oxygens (including phenoxy) is 2. The molecule has 3 heterocycles. The van der Waals surface area contributed by atoms with E-state index in [0.29, 0.717) is 0 Å². The standard InChI is InChI=1S/C25H33NO10/c1-11(2)22(32)17(35-16(29)13-7-6-8-26-13)23(33)18(4)10-21(31)19(22,5)25(23,34)24(36-21)15(28)12(3)14(27)9-20(18,24)30/h6-8,11,14-15,17,26-28,30-34H,3,9-10H2,1-2,4-5H3. The lowest BCUT2D eigenvalue weighted by Gasteiger charge is -2.60. The highest BCUT2D eigenvalue weighted by atomic mass is 16.7. The maximum atomic E-state index is 13.2. The fourth-order valence-electron chi connectivity index (χ4n) is 9.30. The van der Waals surface area contributed by atoms with E-state index in [9.17, 15) is 40.5 Å². The Labute approximate surface area is 207 Å². The summed E-state index contributed by atoms with van der Waals surface area (Å²) in [4.78, 5) is 15.9. The topological polar surface area (TPSA) is 193 Å². The monoisotopic (exact) mass is 507 g/mol. The first kappa shape index (κ1) is 24.5. The number of rotatable bonds is 3. The molecule has 2 saturated heterocycles. The van der Waals surface area contributed by atoms with E-state index in [1.54, 1.807) is 19.9 Å². The molecular formula is C25H33NO10. The minimum Gasteiger partial charge on any atom is -0.451 e. The van der Waals surface area contributed by atoms with Crippen LogP contribution in [0.2, 0.25) is 0 Å². The summed E-state index contributed by atoms with van der Waals surface area (Å²) in [6.07, 6.45) is -4.77. The van der Waals surface area contributed by atoms with E-state index in [-0.39, 0.29) is 11.3 Å². The van der Waals surface area contributed by atoms with Crippen LogP contribution in [0.15, 0.2) is 30.5 Å². The summed E-state index contributed by atoms with van der Waals surface area (Å²) in [5, 5.41) is 84.4. The van der Waals surface area contributed by atoms with Crippen molar-refractivity contribution in [2.45, 2.75) is 92.6 Å². The van der Waals surface area contributed by atoms with E-state index in [0.717, 1.165) is 0 Å². The molecule has 36 heavy (non-hydrogen) atoms. The number of carbonyl (C=O) groups excluding carboxylic acids is 1. The molecule has 7 rings (SSSR count). The normalized spacial score (nSPS) is 58.6. The predicted molar refractivity (Wildman–Crippen MR) is 120 cm³/mol. The first-order chi connectivity index (χ1) is 16.4. The Morgan fingerprint density at radius 3 is 2.39 bits per heavy atom. The van der Waals surface area contributed by atoms with Crippen molar-refractivity contribution in [3.8, 4) is 0 Å². The summed E-state index contributed by atoms with van der Waals surface area (Å²) in [5.74, 6) is -4.16. The molecule has 1 spiro atoms. The molecule has 0 aromatic carbocycles. The highest BCUT2D eigenvalue weighted by Crippen LogP contribution is 2.90. The zero-order valence-corrected chi connectivity index (χ0v) is 20.5. The van der Waals surface area contributed by atoms with E-state index in [1.165, 1.54) is 26.1 Å². The van der Waals surface area contributed by atoms with Gasteiger partial charge < -0.3 is 50.2 Å². The zero-order valence-electron chi connectivity index (χ0n) is 20.5. The predicted octanol–water partition coefficient (Wildman–Crippen LogP) is -1.30. The second-order valence-corrected chi connectivity index (χ2v) is 12.1. The summed E-state index contributed by atoms with van der Waals surface area (Å²) >= 11 is 0. The minimum atomic E-state index is -2.77. The lowest BCUT2D eigenvalue weighted by Crippen LogP contribution is -2.75. The summed E-state index contributed by atoms with van der Waals surface area (Å²) < 4.78 is 11.9. The summed E-state index contributed by atoms with van der Waals surface area (Å²) in [5.41, 5.74) is -16.9. The van der Waals surface area contributed by atoms with Gasteiger partial charge in [-0.05, 0) is 30.5 Å². The second-order valence-electron chi connectivity index (χ2n) is 12.1. The lowest BCUT2D eigenvalue weighted by molar-refractivity contribution is -0.386. The molecule has 4 aliphatic carbocycles. The highest BCUT2D eigenvalue weighted by molar-refractivity contribution is 5.87. The molecular weight excluding hydrogens is 474 g/mol. The molecule has 6 aliphatic rings. The highest BCUT2D eigenvalue weighted by Gasteiger charge is 3.10. The Balaban J connectivity index is 1.70. The Bertz CT molecular complexity index is 1200. The quantitative estimate of drug-likeness (QED) is 0.180.